The number of carboxylic acids is 1. The largest absolute Gasteiger partial charge is 0.480 e. The minimum atomic E-state index is -1.10. The second-order valence-corrected chi connectivity index (χ2v) is 4.30. The second-order valence-electron chi connectivity index (χ2n) is 4.30. The minimum absolute atomic E-state index is 0.143. The summed E-state index contributed by atoms with van der Waals surface area (Å²) >= 11 is 0. The van der Waals surface area contributed by atoms with Crippen LogP contribution in [0.3, 0.4) is 0 Å². The fourth-order valence-corrected chi connectivity index (χ4v) is 1.18. The van der Waals surface area contributed by atoms with Gasteiger partial charge in [0.05, 0.1) is 6.10 Å². The number of nitrogens with two attached hydrogens (primary N) is 1. The molecule has 16 heavy (non-hydrogen) atoms. The fourth-order valence-electron chi connectivity index (χ4n) is 1.18. The van der Waals surface area contributed by atoms with E-state index in [0.29, 0.717) is 6.42 Å². The van der Waals surface area contributed by atoms with Gasteiger partial charge in [-0.25, -0.2) is 4.79 Å². The molecule has 0 unspecified atom stereocenters. The Morgan fingerprint density at radius 3 is 2.12 bits per heavy atom. The average Bonchev–Trinajstić information content (AvgIpc) is 2.14. The van der Waals surface area contributed by atoms with Crippen molar-refractivity contribution >= 4 is 11.9 Å². The van der Waals surface area contributed by atoms with Crippen LogP contribution in [0.15, 0.2) is 0 Å². The van der Waals surface area contributed by atoms with E-state index in [9.17, 15) is 9.59 Å². The number of carbonyl (C=O) groups is 2. The normalized spacial score (nSPS) is 16.6. The van der Waals surface area contributed by atoms with Crippen LogP contribution in [0.1, 0.15) is 27.2 Å². The van der Waals surface area contributed by atoms with Crippen LogP contribution >= 0.6 is 0 Å². The lowest BCUT2D eigenvalue weighted by Gasteiger charge is -2.20. The van der Waals surface area contributed by atoms with Gasteiger partial charge in [-0.15, -0.1) is 0 Å². The molecule has 1 amide bonds. The fraction of sp³-hybridized carbons (Fsp3) is 0.800. The summed E-state index contributed by atoms with van der Waals surface area (Å²) < 4.78 is 0. The van der Waals surface area contributed by atoms with Gasteiger partial charge in [0.25, 0.3) is 0 Å². The molecule has 0 saturated carbocycles. The Bertz CT molecular complexity index is 253. The molecule has 0 bridgehead atoms. The van der Waals surface area contributed by atoms with Gasteiger partial charge in [0.1, 0.15) is 12.1 Å². The third-order valence-corrected chi connectivity index (χ3v) is 2.14. The number of hydrogen-bond acceptors (Lipinski definition) is 4. The van der Waals surface area contributed by atoms with Gasteiger partial charge in [-0.2, -0.15) is 0 Å². The third kappa shape index (κ3) is 5.09. The number of aliphatic hydroxyl groups is 1. The number of carbonyl (C=O) groups excluding carboxylic acids is 1. The molecule has 0 fully saturated rings. The van der Waals surface area contributed by atoms with Crippen LogP contribution in [0.4, 0.5) is 0 Å². The zero-order valence-corrected chi connectivity index (χ0v) is 9.80. The van der Waals surface area contributed by atoms with E-state index in [-0.39, 0.29) is 5.92 Å². The van der Waals surface area contributed by atoms with E-state index >= 15 is 0 Å². The van der Waals surface area contributed by atoms with Crippen molar-refractivity contribution < 1.29 is 19.8 Å². The first-order chi connectivity index (χ1) is 7.25. The summed E-state index contributed by atoms with van der Waals surface area (Å²) in [4.78, 5) is 22.3. The molecule has 0 aromatic rings. The van der Waals surface area contributed by atoms with Crippen molar-refractivity contribution in [3.05, 3.63) is 0 Å². The molecular formula is C10H20N2O4. The van der Waals surface area contributed by atoms with Crippen molar-refractivity contribution in [1.82, 2.24) is 5.32 Å². The molecule has 5 N–H and O–H groups in total. The molecule has 0 radical (unpaired) electrons. The Morgan fingerprint density at radius 2 is 1.81 bits per heavy atom. The number of aliphatic carboxylic acids is 1. The van der Waals surface area contributed by atoms with Crippen LogP contribution in [-0.4, -0.2) is 40.3 Å². The summed E-state index contributed by atoms with van der Waals surface area (Å²) in [5, 5.41) is 20.3. The highest BCUT2D eigenvalue weighted by Crippen LogP contribution is 2.05. The van der Waals surface area contributed by atoms with Crippen molar-refractivity contribution in [2.24, 2.45) is 11.7 Å². The number of aliphatic hydroxyl groups excluding tert-OH is 1. The Kier molecular flexibility index (Phi) is 5.98. The van der Waals surface area contributed by atoms with E-state index in [0.717, 1.165) is 0 Å². The SMILES string of the molecule is CC(C)C[C@H](NC(=O)[C@@H](N)[C@H](C)O)C(=O)O. The van der Waals surface area contributed by atoms with Gasteiger partial charge in [-0.05, 0) is 19.3 Å². The highest BCUT2D eigenvalue weighted by atomic mass is 16.4. The number of amides is 1. The predicted octanol–water partition coefficient (Wildman–Crippen LogP) is -0.690. The summed E-state index contributed by atoms with van der Waals surface area (Å²) in [6.07, 6.45) is -0.679. The van der Waals surface area contributed by atoms with Crippen molar-refractivity contribution in [3.63, 3.8) is 0 Å². The van der Waals surface area contributed by atoms with Gasteiger partial charge in [-0.1, -0.05) is 13.8 Å². The average molecular weight is 232 g/mol. The Morgan fingerprint density at radius 1 is 1.31 bits per heavy atom. The maximum Gasteiger partial charge on any atom is 0.326 e. The summed E-state index contributed by atoms with van der Waals surface area (Å²) in [5.41, 5.74) is 5.38. The molecule has 0 rings (SSSR count). The Labute approximate surface area is 94.8 Å². The quantitative estimate of drug-likeness (QED) is 0.484. The molecule has 0 aliphatic rings. The molecule has 6 nitrogen and oxygen atoms in total. The molecule has 94 valence electrons. The lowest BCUT2D eigenvalue weighted by Crippen LogP contribution is -2.52. The molecule has 0 spiro atoms. The first-order valence-corrected chi connectivity index (χ1v) is 5.22. The van der Waals surface area contributed by atoms with Crippen molar-refractivity contribution in [2.45, 2.75) is 45.4 Å². The van der Waals surface area contributed by atoms with E-state index in [1.807, 2.05) is 13.8 Å². The molecular weight excluding hydrogens is 212 g/mol. The van der Waals surface area contributed by atoms with Gasteiger partial charge in [0.15, 0.2) is 0 Å². The van der Waals surface area contributed by atoms with Crippen LogP contribution in [0, 0.1) is 5.92 Å². The lowest BCUT2D eigenvalue weighted by molar-refractivity contribution is -0.142. The van der Waals surface area contributed by atoms with Gasteiger partial charge in [-0.3, -0.25) is 4.79 Å². The summed E-state index contributed by atoms with van der Waals surface area (Å²) in [7, 11) is 0. The Hall–Kier alpha value is -1.14. The van der Waals surface area contributed by atoms with E-state index in [1.165, 1.54) is 6.92 Å². The number of rotatable bonds is 6. The van der Waals surface area contributed by atoms with E-state index in [1.54, 1.807) is 0 Å². The minimum Gasteiger partial charge on any atom is -0.480 e. The van der Waals surface area contributed by atoms with Gasteiger partial charge >= 0.3 is 5.97 Å². The molecule has 0 aromatic heterocycles. The maximum atomic E-state index is 11.4. The zero-order chi connectivity index (χ0) is 12.9. The first-order valence-electron chi connectivity index (χ1n) is 5.22. The van der Waals surface area contributed by atoms with Crippen LogP contribution < -0.4 is 11.1 Å². The second kappa shape index (κ2) is 6.44. The molecule has 0 saturated heterocycles. The summed E-state index contributed by atoms with van der Waals surface area (Å²) in [6, 6.07) is -2.06. The molecule has 0 aliphatic heterocycles. The molecule has 0 heterocycles. The zero-order valence-electron chi connectivity index (χ0n) is 9.80. The molecule has 0 aliphatic carbocycles. The lowest BCUT2D eigenvalue weighted by atomic mass is 10.0. The van der Waals surface area contributed by atoms with Crippen LogP contribution in [0.5, 0.6) is 0 Å². The third-order valence-electron chi connectivity index (χ3n) is 2.14. The van der Waals surface area contributed by atoms with Crippen LogP contribution in [0.25, 0.3) is 0 Å². The van der Waals surface area contributed by atoms with E-state index in [2.05, 4.69) is 5.32 Å². The smallest absolute Gasteiger partial charge is 0.326 e. The number of carboxylic acid groups (broad SMARTS) is 1. The molecule has 0 aromatic carbocycles. The molecule has 3 atom stereocenters. The van der Waals surface area contributed by atoms with E-state index < -0.39 is 30.1 Å². The van der Waals surface area contributed by atoms with Crippen molar-refractivity contribution in [3.8, 4) is 0 Å². The van der Waals surface area contributed by atoms with Crippen molar-refractivity contribution in [1.29, 1.82) is 0 Å². The number of nitrogens with one attached hydrogen (secondary N) is 1. The summed E-state index contributed by atoms with van der Waals surface area (Å²) in [6.45, 7) is 5.09. The van der Waals surface area contributed by atoms with Gasteiger partial charge < -0.3 is 21.3 Å². The Balaban J connectivity index is 4.40. The van der Waals surface area contributed by atoms with Crippen LogP contribution in [-0.2, 0) is 9.59 Å². The standard InChI is InChI=1S/C10H20N2O4/c1-5(2)4-7(10(15)16)12-9(14)8(11)6(3)13/h5-8,13H,4,11H2,1-3H3,(H,12,14)(H,15,16)/t6-,7-,8-/m0/s1. The highest BCUT2D eigenvalue weighted by molar-refractivity contribution is 5.87. The van der Waals surface area contributed by atoms with Crippen LogP contribution in [0.2, 0.25) is 0 Å². The number of hydrogen-bond donors (Lipinski definition) is 4. The van der Waals surface area contributed by atoms with Gasteiger partial charge in [0, 0.05) is 0 Å². The van der Waals surface area contributed by atoms with Crippen molar-refractivity contribution in [2.75, 3.05) is 0 Å². The molecule has 6 heteroatoms. The highest BCUT2D eigenvalue weighted by Gasteiger charge is 2.25. The predicted molar refractivity (Wildman–Crippen MR) is 58.7 cm³/mol. The first kappa shape index (κ1) is 14.9. The van der Waals surface area contributed by atoms with E-state index in [4.69, 9.17) is 15.9 Å². The van der Waals surface area contributed by atoms with Gasteiger partial charge in [0.2, 0.25) is 5.91 Å². The maximum absolute atomic E-state index is 11.4. The monoisotopic (exact) mass is 232 g/mol. The topological polar surface area (TPSA) is 113 Å². The summed E-state index contributed by atoms with van der Waals surface area (Å²) in [5.74, 6) is -1.60.